The number of likely N-dealkylation sites (N-methyl/N-ethyl adjacent to an activating group) is 1. The van der Waals surface area contributed by atoms with Gasteiger partial charge in [-0.3, -0.25) is 4.79 Å². The molecule has 1 N–H and O–H groups in total. The molecule has 0 aliphatic rings. The molecule has 0 spiro atoms. The molecule has 0 atom stereocenters. The number of hydrogen-bond donors (Lipinski definition) is 1. The number of carbonyl (C=O) groups excluding carboxylic acids is 1. The van der Waals surface area contributed by atoms with Crippen molar-refractivity contribution in [2.45, 2.75) is 27.3 Å². The lowest BCUT2D eigenvalue weighted by atomic mass is 10.4. The van der Waals surface area contributed by atoms with Gasteiger partial charge in [-0.1, -0.05) is 0 Å². The smallest absolute Gasteiger partial charge is 0.240 e. The first kappa shape index (κ1) is 9.77. The van der Waals surface area contributed by atoms with E-state index in [1.54, 1.807) is 4.57 Å². The maximum absolute atomic E-state index is 11.2. The summed E-state index contributed by atoms with van der Waals surface area (Å²) in [5.41, 5.74) is 1.91. The molecule has 1 aromatic heterocycles. The molecular weight excluding hydrogens is 166 g/mol. The number of carbonyl (C=O) groups is 1. The van der Waals surface area contributed by atoms with Gasteiger partial charge >= 0.3 is 0 Å². The van der Waals surface area contributed by atoms with Crippen molar-refractivity contribution >= 4 is 5.91 Å². The highest BCUT2D eigenvalue weighted by Gasteiger charge is 2.06. The van der Waals surface area contributed by atoms with Crippen molar-refractivity contribution in [1.82, 2.24) is 14.9 Å². The molecule has 0 saturated heterocycles. The molecule has 0 unspecified atom stereocenters. The lowest BCUT2D eigenvalue weighted by Crippen LogP contribution is -2.27. The van der Waals surface area contributed by atoms with Crippen molar-refractivity contribution < 1.29 is 4.79 Å². The Kier molecular flexibility index (Phi) is 3.06. The van der Waals surface area contributed by atoms with Crippen LogP contribution in [0.5, 0.6) is 0 Å². The summed E-state index contributed by atoms with van der Waals surface area (Å²) in [6, 6.07) is 0. The number of rotatable bonds is 3. The first-order valence-electron chi connectivity index (χ1n) is 4.33. The minimum absolute atomic E-state index is 0.000694. The summed E-state index contributed by atoms with van der Waals surface area (Å²) in [5, 5.41) is 2.72. The van der Waals surface area contributed by atoms with Gasteiger partial charge in [0.25, 0.3) is 0 Å². The lowest BCUT2D eigenvalue weighted by Gasteiger charge is -2.04. The van der Waals surface area contributed by atoms with E-state index in [2.05, 4.69) is 16.6 Å². The summed E-state index contributed by atoms with van der Waals surface area (Å²) in [4.78, 5) is 15.2. The highest BCUT2D eigenvalue weighted by atomic mass is 16.1. The van der Waals surface area contributed by atoms with E-state index in [0.717, 1.165) is 11.4 Å². The molecule has 13 heavy (non-hydrogen) atoms. The Labute approximate surface area is 78.0 Å². The van der Waals surface area contributed by atoms with Crippen molar-refractivity contribution in [3.8, 4) is 0 Å². The Bertz CT molecular complexity index is 304. The van der Waals surface area contributed by atoms with Gasteiger partial charge < -0.3 is 9.88 Å². The Morgan fingerprint density at radius 3 is 2.77 bits per heavy atom. The average Bonchev–Trinajstić information content (AvgIpc) is 2.37. The van der Waals surface area contributed by atoms with Crippen LogP contribution < -0.4 is 5.32 Å². The summed E-state index contributed by atoms with van der Waals surface area (Å²) in [6.07, 6.45) is 2.77. The third-order valence-electron chi connectivity index (χ3n) is 1.94. The summed E-state index contributed by atoms with van der Waals surface area (Å²) in [6.45, 7) is 6.69. The topological polar surface area (TPSA) is 46.9 Å². The van der Waals surface area contributed by atoms with Crippen LogP contribution in [0.1, 0.15) is 18.3 Å². The number of hydrogen-bond acceptors (Lipinski definition) is 2. The van der Waals surface area contributed by atoms with Gasteiger partial charge in [-0.15, -0.1) is 0 Å². The molecule has 1 aromatic rings. The van der Waals surface area contributed by atoms with Crippen LogP contribution in [0.15, 0.2) is 0 Å². The van der Waals surface area contributed by atoms with Crippen molar-refractivity contribution in [3.05, 3.63) is 17.7 Å². The van der Waals surface area contributed by atoms with E-state index in [0.29, 0.717) is 13.1 Å². The van der Waals surface area contributed by atoms with E-state index in [1.807, 2.05) is 20.8 Å². The average molecular weight is 180 g/mol. The summed E-state index contributed by atoms with van der Waals surface area (Å²) in [5.74, 6) is -0.000694. The van der Waals surface area contributed by atoms with Gasteiger partial charge in [0, 0.05) is 12.2 Å². The standard InChI is InChI=1S/C9H14N3O/c1-4-10-9(13)5-12-6-11-7(2)8(12)3/h4-5H2,1-3H3,(H,10,13). The Hall–Kier alpha value is -1.32. The Morgan fingerprint density at radius 1 is 1.62 bits per heavy atom. The van der Waals surface area contributed by atoms with Gasteiger partial charge in [0.15, 0.2) is 6.33 Å². The van der Waals surface area contributed by atoms with Crippen LogP contribution >= 0.6 is 0 Å². The normalized spacial score (nSPS) is 10.1. The molecule has 0 fully saturated rings. The maximum atomic E-state index is 11.2. The molecule has 4 heteroatoms. The number of imidazole rings is 1. The number of nitrogens with zero attached hydrogens (tertiary/aromatic N) is 2. The molecule has 0 aliphatic heterocycles. The van der Waals surface area contributed by atoms with Crippen molar-refractivity contribution in [3.63, 3.8) is 0 Å². The van der Waals surface area contributed by atoms with Gasteiger partial charge in [-0.05, 0) is 20.8 Å². The Morgan fingerprint density at radius 2 is 2.31 bits per heavy atom. The predicted molar refractivity (Wildman–Crippen MR) is 49.2 cm³/mol. The minimum Gasteiger partial charge on any atom is -0.355 e. The van der Waals surface area contributed by atoms with Gasteiger partial charge in [-0.25, -0.2) is 4.98 Å². The van der Waals surface area contributed by atoms with Crippen LogP contribution in [-0.4, -0.2) is 22.0 Å². The largest absolute Gasteiger partial charge is 0.355 e. The zero-order valence-electron chi connectivity index (χ0n) is 8.22. The lowest BCUT2D eigenvalue weighted by molar-refractivity contribution is -0.121. The molecule has 71 valence electrons. The molecule has 4 nitrogen and oxygen atoms in total. The van der Waals surface area contributed by atoms with E-state index < -0.39 is 0 Å². The second-order valence-electron chi connectivity index (χ2n) is 2.92. The second-order valence-corrected chi connectivity index (χ2v) is 2.92. The van der Waals surface area contributed by atoms with Crippen molar-refractivity contribution in [2.75, 3.05) is 6.54 Å². The van der Waals surface area contributed by atoms with Crippen LogP contribution in [0.4, 0.5) is 0 Å². The fraction of sp³-hybridized carbons (Fsp3) is 0.556. The molecule has 0 aliphatic carbocycles. The molecular formula is C9H14N3O. The molecule has 0 bridgehead atoms. The van der Waals surface area contributed by atoms with E-state index >= 15 is 0 Å². The number of amides is 1. The zero-order chi connectivity index (χ0) is 9.84. The Balaban J connectivity index is 2.64. The fourth-order valence-corrected chi connectivity index (χ4v) is 1.04. The fourth-order valence-electron chi connectivity index (χ4n) is 1.04. The third-order valence-corrected chi connectivity index (χ3v) is 1.94. The predicted octanol–water partition coefficient (Wildman–Crippen LogP) is 0.436. The number of aryl methyl sites for hydroxylation is 1. The van der Waals surface area contributed by atoms with Crippen LogP contribution in [-0.2, 0) is 11.3 Å². The molecule has 1 amide bonds. The van der Waals surface area contributed by atoms with Gasteiger partial charge in [0.1, 0.15) is 6.54 Å². The third kappa shape index (κ3) is 2.31. The molecule has 1 rings (SSSR count). The first-order chi connectivity index (χ1) is 6.15. The summed E-state index contributed by atoms with van der Waals surface area (Å²) in [7, 11) is 0. The van der Waals surface area contributed by atoms with Crippen LogP contribution in [0.2, 0.25) is 0 Å². The molecule has 0 saturated carbocycles. The van der Waals surface area contributed by atoms with E-state index in [1.165, 1.54) is 0 Å². The highest BCUT2D eigenvalue weighted by molar-refractivity contribution is 5.75. The molecule has 0 aromatic carbocycles. The monoisotopic (exact) mass is 180 g/mol. The van der Waals surface area contributed by atoms with Crippen molar-refractivity contribution in [1.29, 1.82) is 0 Å². The number of nitrogens with one attached hydrogen (secondary N) is 1. The van der Waals surface area contributed by atoms with E-state index in [-0.39, 0.29) is 5.91 Å². The van der Waals surface area contributed by atoms with Gasteiger partial charge in [0.05, 0.1) is 5.69 Å². The summed E-state index contributed by atoms with van der Waals surface area (Å²) >= 11 is 0. The van der Waals surface area contributed by atoms with Crippen LogP contribution in [0, 0.1) is 20.2 Å². The quantitative estimate of drug-likeness (QED) is 0.733. The summed E-state index contributed by atoms with van der Waals surface area (Å²) < 4.78 is 1.72. The van der Waals surface area contributed by atoms with E-state index in [4.69, 9.17) is 0 Å². The van der Waals surface area contributed by atoms with Crippen LogP contribution in [0.25, 0.3) is 0 Å². The zero-order valence-corrected chi connectivity index (χ0v) is 8.22. The van der Waals surface area contributed by atoms with E-state index in [9.17, 15) is 4.79 Å². The second kappa shape index (κ2) is 4.07. The SMILES string of the molecule is CCNC(=O)Cn1[c]nc(C)c1C. The first-order valence-corrected chi connectivity index (χ1v) is 4.33. The molecule has 1 heterocycles. The highest BCUT2D eigenvalue weighted by Crippen LogP contribution is 2.02. The van der Waals surface area contributed by atoms with Crippen molar-refractivity contribution in [2.24, 2.45) is 0 Å². The van der Waals surface area contributed by atoms with Gasteiger partial charge in [-0.2, -0.15) is 0 Å². The van der Waals surface area contributed by atoms with Crippen LogP contribution in [0.3, 0.4) is 0 Å². The molecule has 1 radical (unpaired) electrons. The van der Waals surface area contributed by atoms with Gasteiger partial charge in [0.2, 0.25) is 5.91 Å². The maximum Gasteiger partial charge on any atom is 0.240 e. The minimum atomic E-state index is -0.000694. The number of aromatic nitrogens is 2.